The summed E-state index contributed by atoms with van der Waals surface area (Å²) in [6.45, 7) is 12.3. The first-order chi connectivity index (χ1) is 45.8. The van der Waals surface area contributed by atoms with E-state index in [9.17, 15) is 34.1 Å². The molecule has 0 radical (unpaired) electrons. The van der Waals surface area contributed by atoms with Gasteiger partial charge in [-0.25, -0.2) is 28.1 Å². The SMILES string of the molecule is CC(C)Oc1ccc(-c2ncc(-c3cccc4c3CC[C@@H]4NCc3ncc[nH]3)s2)cc1C#N.CC(C)Oc1ccc(-c2ncc(-c3cccc4c3CC[C@H]4NS(=O)(=O)CCC(=O)O)s2)cc1C#N.CC(C)Oc1ccc(-c2nnc(-c3cccc4c3CCC4O)s2)cc1C#N. The zero-order valence-corrected chi connectivity index (χ0v) is 56.4. The minimum Gasteiger partial charge on any atom is -0.490 e. The number of aliphatic carboxylic acids is 1. The van der Waals surface area contributed by atoms with E-state index >= 15 is 0 Å². The van der Waals surface area contributed by atoms with E-state index in [1.165, 1.54) is 39.4 Å². The number of aliphatic hydroxyl groups is 1. The van der Waals surface area contributed by atoms with E-state index < -0.39 is 28.2 Å². The van der Waals surface area contributed by atoms with Crippen molar-refractivity contribution in [3.05, 3.63) is 190 Å². The summed E-state index contributed by atoms with van der Waals surface area (Å²) in [7, 11) is -3.71. The van der Waals surface area contributed by atoms with Crippen LogP contribution in [0.3, 0.4) is 0 Å². The summed E-state index contributed by atoms with van der Waals surface area (Å²) >= 11 is 4.66. The van der Waals surface area contributed by atoms with E-state index in [1.807, 2.05) is 127 Å². The van der Waals surface area contributed by atoms with Crippen LogP contribution in [-0.2, 0) is 40.6 Å². The number of benzene rings is 6. The smallest absolute Gasteiger partial charge is 0.304 e. The molecular formula is C72H69N11O8S4. The first-order valence-electron chi connectivity index (χ1n) is 31.2. The number of fused-ring (bicyclic) bond motifs is 3. The number of carbonyl (C=O) groups is 1. The van der Waals surface area contributed by atoms with Crippen molar-refractivity contribution in [2.24, 2.45) is 0 Å². The highest BCUT2D eigenvalue weighted by Gasteiger charge is 2.31. The lowest BCUT2D eigenvalue weighted by Gasteiger charge is -2.14. The average molecular weight is 1340 g/mol. The minimum atomic E-state index is -3.71. The van der Waals surface area contributed by atoms with E-state index in [2.05, 4.69) is 76.6 Å². The largest absolute Gasteiger partial charge is 0.490 e. The van der Waals surface area contributed by atoms with Crippen LogP contribution in [0.4, 0.5) is 0 Å². The summed E-state index contributed by atoms with van der Waals surface area (Å²) in [4.78, 5) is 29.6. The first kappa shape index (κ1) is 67.0. The predicted octanol–water partition coefficient (Wildman–Crippen LogP) is 14.7. The Morgan fingerprint density at radius 3 is 1.56 bits per heavy atom. The number of nitrogens with one attached hydrogen (secondary N) is 3. The number of imidazole rings is 1. The molecule has 0 saturated carbocycles. The fourth-order valence-corrected chi connectivity index (χ4v) is 15.9. The van der Waals surface area contributed by atoms with Gasteiger partial charge in [0.05, 0.1) is 69.6 Å². The third-order valence-electron chi connectivity index (χ3n) is 16.1. The predicted molar refractivity (Wildman–Crippen MR) is 368 cm³/mol. The molecule has 19 nitrogen and oxygen atoms in total. The van der Waals surface area contributed by atoms with Crippen LogP contribution in [0.25, 0.3) is 63.2 Å². The summed E-state index contributed by atoms with van der Waals surface area (Å²) in [5.41, 5.74) is 14.2. The highest BCUT2D eigenvalue weighted by molar-refractivity contribution is 7.89. The summed E-state index contributed by atoms with van der Waals surface area (Å²) in [6, 6.07) is 41.5. The van der Waals surface area contributed by atoms with E-state index in [4.69, 9.17) is 19.3 Å². The van der Waals surface area contributed by atoms with Crippen molar-refractivity contribution in [2.75, 3.05) is 5.75 Å². The maximum absolute atomic E-state index is 12.3. The van der Waals surface area contributed by atoms with Gasteiger partial charge >= 0.3 is 5.97 Å². The molecule has 4 aromatic heterocycles. The number of thiazole rings is 2. The maximum atomic E-state index is 12.3. The normalized spacial score (nSPS) is 15.2. The molecular weight excluding hydrogens is 1280 g/mol. The maximum Gasteiger partial charge on any atom is 0.304 e. The van der Waals surface area contributed by atoms with Gasteiger partial charge in [-0.05, 0) is 179 Å². The van der Waals surface area contributed by atoms with Gasteiger partial charge < -0.3 is 34.7 Å². The van der Waals surface area contributed by atoms with Gasteiger partial charge in [0.15, 0.2) is 0 Å². The van der Waals surface area contributed by atoms with Gasteiger partial charge in [-0.3, -0.25) is 4.79 Å². The van der Waals surface area contributed by atoms with Crippen LogP contribution >= 0.6 is 34.0 Å². The number of rotatable bonds is 20. The second-order valence-electron chi connectivity index (χ2n) is 23.8. The Morgan fingerprint density at radius 1 is 0.600 bits per heavy atom. The minimum absolute atomic E-state index is 0.00612. The van der Waals surface area contributed by atoms with Crippen molar-refractivity contribution < 1.29 is 37.6 Å². The zero-order chi connectivity index (χ0) is 66.9. The second-order valence-corrected chi connectivity index (χ2v) is 28.7. The van der Waals surface area contributed by atoms with Gasteiger partial charge in [0.25, 0.3) is 0 Å². The Morgan fingerprint density at radius 2 is 1.06 bits per heavy atom. The molecule has 3 atom stereocenters. The van der Waals surface area contributed by atoms with Crippen molar-refractivity contribution in [1.82, 2.24) is 40.2 Å². The number of ether oxygens (including phenoxy) is 3. The number of nitriles is 3. The third-order valence-corrected chi connectivity index (χ3v) is 20.6. The number of carboxylic acids is 1. The van der Waals surface area contributed by atoms with Crippen LogP contribution in [0.1, 0.15) is 141 Å². The number of aromatic amines is 1. The Hall–Kier alpha value is -9.48. The first-order valence-corrected chi connectivity index (χ1v) is 35.3. The molecule has 0 aliphatic heterocycles. The molecule has 0 fully saturated rings. The molecule has 0 amide bonds. The lowest BCUT2D eigenvalue weighted by Crippen LogP contribution is -2.30. The molecule has 5 N–H and O–H groups in total. The second kappa shape index (κ2) is 29.9. The van der Waals surface area contributed by atoms with E-state index in [0.29, 0.717) is 52.8 Å². The van der Waals surface area contributed by atoms with Crippen molar-refractivity contribution in [1.29, 1.82) is 15.8 Å². The third kappa shape index (κ3) is 15.9. The van der Waals surface area contributed by atoms with Crippen molar-refractivity contribution in [3.8, 4) is 98.6 Å². The molecule has 10 aromatic rings. The van der Waals surface area contributed by atoms with Crippen LogP contribution < -0.4 is 24.2 Å². The summed E-state index contributed by atoms with van der Waals surface area (Å²) in [6.07, 6.45) is 11.6. The van der Waals surface area contributed by atoms with Gasteiger partial charge in [0, 0.05) is 59.1 Å². The Labute approximate surface area is 563 Å². The van der Waals surface area contributed by atoms with E-state index in [1.54, 1.807) is 41.9 Å². The lowest BCUT2D eigenvalue weighted by molar-refractivity contribution is -0.136. The number of aliphatic hydroxyl groups excluding tert-OH is 1. The van der Waals surface area contributed by atoms with Crippen LogP contribution in [0.15, 0.2) is 134 Å². The number of hydrogen-bond donors (Lipinski definition) is 5. The molecule has 0 saturated heterocycles. The number of hydrogen-bond acceptors (Lipinski definition) is 19. The molecule has 0 spiro atoms. The molecule has 3 aliphatic rings. The van der Waals surface area contributed by atoms with E-state index in [-0.39, 0.29) is 30.5 Å². The van der Waals surface area contributed by atoms with Gasteiger partial charge in [-0.1, -0.05) is 65.9 Å². The Bertz CT molecular complexity index is 4670. The molecule has 95 heavy (non-hydrogen) atoms. The van der Waals surface area contributed by atoms with Crippen molar-refractivity contribution in [3.63, 3.8) is 0 Å². The molecule has 4 heterocycles. The molecule has 3 aliphatic carbocycles. The summed E-state index contributed by atoms with van der Waals surface area (Å²) < 4.78 is 44.5. The fraction of sp³-hybridized carbons (Fsp3) is 0.292. The van der Waals surface area contributed by atoms with Gasteiger partial charge in [0.1, 0.15) is 61.3 Å². The van der Waals surface area contributed by atoms with Crippen LogP contribution in [0.5, 0.6) is 17.2 Å². The number of aromatic nitrogens is 6. The number of nitrogens with zero attached hydrogens (tertiary/aromatic N) is 8. The fourth-order valence-electron chi connectivity index (χ4n) is 11.9. The quantitative estimate of drug-likeness (QED) is 0.0474. The summed E-state index contributed by atoms with van der Waals surface area (Å²) in [5.74, 6) is 1.10. The van der Waals surface area contributed by atoms with Crippen LogP contribution in [-0.4, -0.2) is 78.8 Å². The molecule has 23 heteroatoms. The van der Waals surface area contributed by atoms with Crippen LogP contribution in [0.2, 0.25) is 0 Å². The molecule has 13 rings (SSSR count). The van der Waals surface area contributed by atoms with Gasteiger partial charge in [0.2, 0.25) is 10.0 Å². The highest BCUT2D eigenvalue weighted by atomic mass is 32.2. The Balaban J connectivity index is 0.000000146. The van der Waals surface area contributed by atoms with Crippen molar-refractivity contribution >= 4 is 50.0 Å². The number of H-pyrrole nitrogens is 1. The molecule has 6 aromatic carbocycles. The average Bonchev–Trinajstić information content (AvgIpc) is 1.67. The standard InChI is InChI=1S/C26H25N5OS.C25H25N3O5S2.C21H19N3O2S/c1-16(2)32-23-9-6-17(12-18(23)13-27)26-31-14-24(33-26)21-5-3-4-20-19(21)7-8-22(20)30-15-25-28-10-11-29-25;1-15(2)33-22-9-6-16(12-17(22)13-26)25-27-14-23(34-25)20-5-3-4-19-18(20)7-8-21(19)28-35(31,32)11-10-24(29)30;1-12(2)26-19-9-6-13(10-14(19)11-22)20-23-24-21(27-20)17-5-3-4-16-15(17)7-8-18(16)25/h3-6,9-12,14,16,22,30H,7-8,15H2,1-2H3,(H,28,29);3-6,9,12,14-15,21,28H,7-8,10-11H2,1-2H3,(H,29,30);3-6,9-10,12,18,25H,7-8H2,1-2H3/t22-;21-;/m01./s1. The van der Waals surface area contributed by atoms with E-state index in [0.717, 1.165) is 118 Å². The number of sulfonamides is 1. The zero-order valence-electron chi connectivity index (χ0n) is 53.1. The van der Waals surface area contributed by atoms with Crippen molar-refractivity contribution in [2.45, 2.75) is 130 Å². The number of carboxylic acid groups (broad SMARTS) is 1. The van der Waals surface area contributed by atoms with Crippen LogP contribution in [0, 0.1) is 34.0 Å². The highest BCUT2D eigenvalue weighted by Crippen LogP contribution is 2.45. The Kier molecular flexibility index (Phi) is 21.0. The molecule has 0 bridgehead atoms. The summed E-state index contributed by atoms with van der Waals surface area (Å²) in [5, 5.41) is 63.0. The monoisotopic (exact) mass is 1340 g/mol. The van der Waals surface area contributed by atoms with Gasteiger partial charge in [-0.15, -0.1) is 32.9 Å². The molecule has 1 unspecified atom stereocenters. The van der Waals surface area contributed by atoms with Gasteiger partial charge in [-0.2, -0.15) is 15.8 Å². The topological polar surface area (TPSA) is 295 Å². The lowest BCUT2D eigenvalue weighted by atomic mass is 10.0. The molecule has 484 valence electrons.